The van der Waals surface area contributed by atoms with Gasteiger partial charge in [0.05, 0.1) is 33.5 Å². The maximum atomic E-state index is 14.2. The number of benzene rings is 1. The SMILES string of the molecule is CC(=O)N(C)c1cc(-c2cccc3c(C(=O)c4cccs4)cnn23)ccc1F. The van der Waals surface area contributed by atoms with Crippen LogP contribution in [0.15, 0.2) is 60.1 Å². The summed E-state index contributed by atoms with van der Waals surface area (Å²) in [5, 5.41) is 6.24. The second-order valence-corrected chi connectivity index (χ2v) is 7.26. The molecule has 0 spiro atoms. The Morgan fingerprint density at radius 2 is 1.96 bits per heavy atom. The highest BCUT2D eigenvalue weighted by molar-refractivity contribution is 7.12. The number of thiophene rings is 1. The van der Waals surface area contributed by atoms with Crippen LogP contribution in [0.2, 0.25) is 0 Å². The summed E-state index contributed by atoms with van der Waals surface area (Å²) in [7, 11) is 1.52. The number of halogens is 1. The number of amides is 1. The number of nitrogens with zero attached hydrogens (tertiary/aromatic N) is 3. The van der Waals surface area contributed by atoms with E-state index in [0.717, 1.165) is 0 Å². The Morgan fingerprint density at radius 3 is 2.68 bits per heavy atom. The molecule has 0 radical (unpaired) electrons. The lowest BCUT2D eigenvalue weighted by Gasteiger charge is -2.17. The van der Waals surface area contributed by atoms with Gasteiger partial charge in [-0.1, -0.05) is 12.1 Å². The number of hydrogen-bond donors (Lipinski definition) is 0. The molecule has 0 fully saturated rings. The molecule has 0 saturated carbocycles. The predicted molar refractivity (Wildman–Crippen MR) is 107 cm³/mol. The Morgan fingerprint density at radius 1 is 1.14 bits per heavy atom. The van der Waals surface area contributed by atoms with Gasteiger partial charge in [-0.3, -0.25) is 9.59 Å². The van der Waals surface area contributed by atoms with Crippen molar-refractivity contribution in [3.8, 4) is 11.3 Å². The van der Waals surface area contributed by atoms with Crippen molar-refractivity contribution >= 4 is 34.2 Å². The van der Waals surface area contributed by atoms with Gasteiger partial charge in [0.2, 0.25) is 11.7 Å². The van der Waals surface area contributed by atoms with E-state index in [1.54, 1.807) is 28.9 Å². The first-order chi connectivity index (χ1) is 13.5. The fourth-order valence-corrected chi connectivity index (χ4v) is 3.72. The Balaban J connectivity index is 1.84. The van der Waals surface area contributed by atoms with Crippen molar-refractivity contribution in [1.82, 2.24) is 9.61 Å². The first kappa shape index (κ1) is 18.1. The molecule has 1 amide bonds. The van der Waals surface area contributed by atoms with Crippen LogP contribution in [-0.2, 0) is 4.79 Å². The molecule has 0 saturated heterocycles. The number of carbonyl (C=O) groups excluding carboxylic acids is 2. The molecule has 0 unspecified atom stereocenters. The van der Waals surface area contributed by atoms with Gasteiger partial charge >= 0.3 is 0 Å². The van der Waals surface area contributed by atoms with E-state index in [1.807, 2.05) is 29.6 Å². The van der Waals surface area contributed by atoms with Crippen LogP contribution in [0.25, 0.3) is 16.8 Å². The van der Waals surface area contributed by atoms with Gasteiger partial charge in [-0.2, -0.15) is 5.10 Å². The summed E-state index contributed by atoms with van der Waals surface area (Å²) in [4.78, 5) is 26.3. The third-order valence-corrected chi connectivity index (χ3v) is 5.48. The number of anilines is 1. The third kappa shape index (κ3) is 2.99. The monoisotopic (exact) mass is 393 g/mol. The minimum atomic E-state index is -0.484. The number of rotatable bonds is 4. The van der Waals surface area contributed by atoms with Crippen molar-refractivity contribution in [3.63, 3.8) is 0 Å². The van der Waals surface area contributed by atoms with Crippen LogP contribution in [0, 0.1) is 5.82 Å². The molecule has 4 rings (SSSR count). The summed E-state index contributed by atoms with van der Waals surface area (Å²) in [6.07, 6.45) is 1.55. The molecule has 28 heavy (non-hydrogen) atoms. The van der Waals surface area contributed by atoms with Gasteiger partial charge in [0.25, 0.3) is 0 Å². The van der Waals surface area contributed by atoms with Gasteiger partial charge in [-0.05, 0) is 41.8 Å². The van der Waals surface area contributed by atoms with E-state index in [4.69, 9.17) is 0 Å². The first-order valence-corrected chi connectivity index (χ1v) is 9.44. The van der Waals surface area contributed by atoms with E-state index < -0.39 is 5.82 Å². The van der Waals surface area contributed by atoms with Crippen molar-refractivity contribution in [2.75, 3.05) is 11.9 Å². The molecule has 0 aliphatic carbocycles. The lowest BCUT2D eigenvalue weighted by Crippen LogP contribution is -2.23. The minimum absolute atomic E-state index is 0.0849. The summed E-state index contributed by atoms with van der Waals surface area (Å²) < 4.78 is 15.9. The van der Waals surface area contributed by atoms with Gasteiger partial charge < -0.3 is 4.90 Å². The molecule has 140 valence electrons. The van der Waals surface area contributed by atoms with E-state index in [1.165, 1.54) is 36.3 Å². The molecule has 3 heterocycles. The zero-order valence-corrected chi connectivity index (χ0v) is 16.0. The highest BCUT2D eigenvalue weighted by Gasteiger charge is 2.18. The van der Waals surface area contributed by atoms with Crippen molar-refractivity contribution in [2.24, 2.45) is 0 Å². The molecule has 3 aromatic heterocycles. The fourth-order valence-electron chi connectivity index (χ4n) is 3.04. The number of aromatic nitrogens is 2. The standard InChI is InChI=1S/C21H16FN3O2S/c1-13(26)24(2)19-11-14(8-9-16(19)22)17-5-3-6-18-15(12-23-25(17)18)21(27)20-7-4-10-28-20/h3-12H,1-2H3. The average Bonchev–Trinajstić information content (AvgIpc) is 3.37. The van der Waals surface area contributed by atoms with Crippen molar-refractivity contribution in [2.45, 2.75) is 6.92 Å². The molecule has 5 nitrogen and oxygen atoms in total. The molecule has 0 aliphatic heterocycles. The largest absolute Gasteiger partial charge is 0.313 e. The van der Waals surface area contributed by atoms with Crippen LogP contribution in [-0.4, -0.2) is 28.4 Å². The zero-order valence-electron chi connectivity index (χ0n) is 15.2. The Hall–Kier alpha value is -3.32. The lowest BCUT2D eigenvalue weighted by molar-refractivity contribution is -0.116. The maximum absolute atomic E-state index is 14.2. The molecule has 4 aromatic rings. The van der Waals surface area contributed by atoms with Gasteiger partial charge in [-0.25, -0.2) is 8.91 Å². The van der Waals surface area contributed by atoms with Crippen LogP contribution >= 0.6 is 11.3 Å². The quantitative estimate of drug-likeness (QED) is 0.483. The minimum Gasteiger partial charge on any atom is -0.313 e. The van der Waals surface area contributed by atoms with Crippen LogP contribution in [0.5, 0.6) is 0 Å². The highest BCUT2D eigenvalue weighted by Crippen LogP contribution is 2.29. The summed E-state index contributed by atoms with van der Waals surface area (Å²) in [5.41, 5.74) is 2.74. The zero-order chi connectivity index (χ0) is 19.8. The Labute approximate surface area is 164 Å². The van der Waals surface area contributed by atoms with Crippen LogP contribution in [0.1, 0.15) is 22.2 Å². The van der Waals surface area contributed by atoms with E-state index in [-0.39, 0.29) is 17.4 Å². The van der Waals surface area contributed by atoms with E-state index in [2.05, 4.69) is 5.10 Å². The van der Waals surface area contributed by atoms with Gasteiger partial charge in [0.15, 0.2) is 0 Å². The number of ketones is 1. The normalized spacial score (nSPS) is 11.0. The Kier molecular flexibility index (Phi) is 4.52. The average molecular weight is 393 g/mol. The molecular weight excluding hydrogens is 377 g/mol. The lowest BCUT2D eigenvalue weighted by atomic mass is 10.1. The topological polar surface area (TPSA) is 54.7 Å². The third-order valence-electron chi connectivity index (χ3n) is 4.61. The van der Waals surface area contributed by atoms with Crippen molar-refractivity contribution < 1.29 is 14.0 Å². The maximum Gasteiger partial charge on any atom is 0.223 e. The van der Waals surface area contributed by atoms with Crippen molar-refractivity contribution in [1.29, 1.82) is 0 Å². The second-order valence-electron chi connectivity index (χ2n) is 6.32. The Bertz CT molecular complexity index is 1200. The fraction of sp³-hybridized carbons (Fsp3) is 0.0952. The number of carbonyl (C=O) groups is 2. The summed E-state index contributed by atoms with van der Waals surface area (Å²) in [6.45, 7) is 1.38. The van der Waals surface area contributed by atoms with E-state index in [0.29, 0.717) is 27.2 Å². The number of fused-ring (bicyclic) bond motifs is 1. The van der Waals surface area contributed by atoms with Gasteiger partial charge in [0.1, 0.15) is 5.82 Å². The molecule has 1 aromatic carbocycles. The predicted octanol–water partition coefficient (Wildman–Crippen LogP) is 4.42. The van der Waals surface area contributed by atoms with E-state index in [9.17, 15) is 14.0 Å². The summed E-state index contributed by atoms with van der Waals surface area (Å²) >= 11 is 1.38. The summed E-state index contributed by atoms with van der Waals surface area (Å²) in [5.74, 6) is -0.835. The molecular formula is C21H16FN3O2S. The highest BCUT2D eigenvalue weighted by atomic mass is 32.1. The smallest absolute Gasteiger partial charge is 0.223 e. The second kappa shape index (κ2) is 7.01. The number of hydrogen-bond acceptors (Lipinski definition) is 4. The van der Waals surface area contributed by atoms with Gasteiger partial charge in [-0.15, -0.1) is 11.3 Å². The van der Waals surface area contributed by atoms with E-state index >= 15 is 0 Å². The van der Waals surface area contributed by atoms with Crippen LogP contribution in [0.4, 0.5) is 10.1 Å². The molecule has 7 heteroatoms. The molecule has 0 N–H and O–H groups in total. The van der Waals surface area contributed by atoms with Crippen LogP contribution < -0.4 is 4.90 Å². The summed E-state index contributed by atoms with van der Waals surface area (Å²) in [6, 6.07) is 13.7. The first-order valence-electron chi connectivity index (χ1n) is 8.56. The molecule has 0 aliphatic rings. The number of pyridine rings is 1. The van der Waals surface area contributed by atoms with Crippen LogP contribution in [0.3, 0.4) is 0 Å². The molecule has 0 bridgehead atoms. The molecule has 0 atom stereocenters. The van der Waals surface area contributed by atoms with Crippen molar-refractivity contribution in [3.05, 3.63) is 76.4 Å². The van der Waals surface area contributed by atoms with Gasteiger partial charge in [0, 0.05) is 19.5 Å².